The van der Waals surface area contributed by atoms with Gasteiger partial charge in [0.1, 0.15) is 11.6 Å². The van der Waals surface area contributed by atoms with Gasteiger partial charge >= 0.3 is 0 Å². The Hall–Kier alpha value is -2.43. The molecule has 5 heteroatoms. The van der Waals surface area contributed by atoms with Crippen molar-refractivity contribution in [2.75, 3.05) is 11.9 Å². The molecule has 0 saturated carbocycles. The maximum Gasteiger partial charge on any atom is 0.251 e. The van der Waals surface area contributed by atoms with Gasteiger partial charge in [0.25, 0.3) is 5.91 Å². The molecule has 0 atom stereocenters. The van der Waals surface area contributed by atoms with E-state index in [1.54, 1.807) is 0 Å². The average Bonchev–Trinajstić information content (AvgIpc) is 2.60. The fourth-order valence-corrected chi connectivity index (χ4v) is 2.41. The quantitative estimate of drug-likeness (QED) is 0.797. The smallest absolute Gasteiger partial charge is 0.251 e. The first-order chi connectivity index (χ1) is 11.9. The molecule has 0 saturated heterocycles. The van der Waals surface area contributed by atoms with Crippen molar-refractivity contribution in [3.8, 4) is 0 Å². The van der Waals surface area contributed by atoms with Crippen LogP contribution in [0.3, 0.4) is 0 Å². The van der Waals surface area contributed by atoms with E-state index in [-0.39, 0.29) is 11.8 Å². The minimum Gasteiger partial charge on any atom is -0.366 e. The van der Waals surface area contributed by atoms with Gasteiger partial charge in [0, 0.05) is 36.3 Å². The first kappa shape index (κ1) is 18.9. The normalized spacial score (nSPS) is 11.0. The number of benzene rings is 1. The lowest BCUT2D eigenvalue weighted by Gasteiger charge is -2.14. The van der Waals surface area contributed by atoms with Gasteiger partial charge < -0.3 is 10.6 Å². The van der Waals surface area contributed by atoms with E-state index in [0.717, 1.165) is 22.9 Å². The van der Waals surface area contributed by atoms with Gasteiger partial charge in [0.2, 0.25) is 0 Å². The fourth-order valence-electron chi connectivity index (χ4n) is 2.41. The van der Waals surface area contributed by atoms with Crippen molar-refractivity contribution in [1.82, 2.24) is 15.3 Å². The van der Waals surface area contributed by atoms with Gasteiger partial charge in [-0.3, -0.25) is 4.79 Å². The van der Waals surface area contributed by atoms with Crippen molar-refractivity contribution < 1.29 is 4.79 Å². The van der Waals surface area contributed by atoms with Crippen molar-refractivity contribution in [1.29, 1.82) is 0 Å². The van der Waals surface area contributed by atoms with Crippen LogP contribution in [0, 0.1) is 0 Å². The molecule has 1 amide bonds. The van der Waals surface area contributed by atoms with Crippen molar-refractivity contribution in [2.45, 2.75) is 53.0 Å². The van der Waals surface area contributed by atoms with Crippen LogP contribution in [0.2, 0.25) is 0 Å². The summed E-state index contributed by atoms with van der Waals surface area (Å²) in [6.45, 7) is 11.6. The number of hydrogen-bond donors (Lipinski definition) is 2. The van der Waals surface area contributed by atoms with Crippen LogP contribution in [0.15, 0.2) is 30.3 Å². The molecule has 2 N–H and O–H groups in total. The second-order valence-electron chi connectivity index (χ2n) is 6.76. The monoisotopic (exact) mass is 340 g/mol. The second kappa shape index (κ2) is 8.60. The van der Waals surface area contributed by atoms with Crippen molar-refractivity contribution in [2.24, 2.45) is 0 Å². The summed E-state index contributed by atoms with van der Waals surface area (Å²) >= 11 is 0. The summed E-state index contributed by atoms with van der Waals surface area (Å²) < 4.78 is 0. The number of nitrogens with one attached hydrogen (secondary N) is 2. The Labute approximate surface area is 150 Å². The van der Waals surface area contributed by atoms with Gasteiger partial charge in [-0.05, 0) is 30.5 Å². The number of carbonyl (C=O) groups is 1. The topological polar surface area (TPSA) is 66.9 Å². The zero-order valence-electron chi connectivity index (χ0n) is 15.8. The zero-order chi connectivity index (χ0) is 18.4. The molecule has 0 radical (unpaired) electrons. The number of carbonyl (C=O) groups excluding carboxylic acids is 1. The van der Waals surface area contributed by atoms with Gasteiger partial charge in [-0.2, -0.15) is 0 Å². The lowest BCUT2D eigenvalue weighted by atomic mass is 10.1. The van der Waals surface area contributed by atoms with E-state index in [1.165, 1.54) is 0 Å². The highest BCUT2D eigenvalue weighted by atomic mass is 16.1. The molecular weight excluding hydrogens is 312 g/mol. The van der Waals surface area contributed by atoms with Crippen molar-refractivity contribution in [3.05, 3.63) is 53.0 Å². The molecule has 0 bridgehead atoms. The number of nitrogens with zero attached hydrogens (tertiary/aromatic N) is 2. The third kappa shape index (κ3) is 5.28. The molecule has 0 aliphatic carbocycles. The van der Waals surface area contributed by atoms with Gasteiger partial charge in [0.15, 0.2) is 0 Å². The molecule has 0 aliphatic heterocycles. The number of aromatic nitrogens is 2. The molecular formula is C20H28N4O. The van der Waals surface area contributed by atoms with Crippen LogP contribution in [0.25, 0.3) is 0 Å². The van der Waals surface area contributed by atoms with Crippen LogP contribution in [0.4, 0.5) is 5.82 Å². The van der Waals surface area contributed by atoms with Gasteiger partial charge in [0.05, 0.1) is 0 Å². The predicted octanol–water partition coefficient (Wildman–Crippen LogP) is 4.09. The Bertz CT molecular complexity index is 699. The molecule has 1 aromatic carbocycles. The van der Waals surface area contributed by atoms with Crippen LogP contribution < -0.4 is 10.6 Å². The molecule has 2 aromatic rings. The van der Waals surface area contributed by atoms with E-state index in [1.807, 2.05) is 37.3 Å². The van der Waals surface area contributed by atoms with Gasteiger partial charge in [-0.1, -0.05) is 39.8 Å². The summed E-state index contributed by atoms with van der Waals surface area (Å²) in [5.74, 6) is 2.26. The summed E-state index contributed by atoms with van der Waals surface area (Å²) in [6, 6.07) is 9.65. The molecule has 0 fully saturated rings. The van der Waals surface area contributed by atoms with E-state index in [0.29, 0.717) is 24.6 Å². The molecule has 134 valence electrons. The van der Waals surface area contributed by atoms with Crippen LogP contribution >= 0.6 is 0 Å². The van der Waals surface area contributed by atoms with Crippen molar-refractivity contribution >= 4 is 11.7 Å². The number of hydrogen-bond acceptors (Lipinski definition) is 4. The first-order valence-corrected chi connectivity index (χ1v) is 8.90. The second-order valence-corrected chi connectivity index (χ2v) is 6.76. The number of rotatable bonds is 7. The Morgan fingerprint density at radius 3 is 2.48 bits per heavy atom. The molecule has 1 heterocycles. The lowest BCUT2D eigenvalue weighted by molar-refractivity contribution is 0.0955. The lowest BCUT2D eigenvalue weighted by Crippen LogP contribution is -2.22. The van der Waals surface area contributed by atoms with Crippen LogP contribution in [-0.2, 0) is 6.54 Å². The van der Waals surface area contributed by atoms with Gasteiger partial charge in [-0.15, -0.1) is 0 Å². The van der Waals surface area contributed by atoms with Crippen LogP contribution in [-0.4, -0.2) is 22.4 Å². The Morgan fingerprint density at radius 1 is 1.08 bits per heavy atom. The molecule has 2 rings (SSSR count). The van der Waals surface area contributed by atoms with Crippen LogP contribution in [0.1, 0.15) is 73.9 Å². The largest absolute Gasteiger partial charge is 0.366 e. The SMILES string of the molecule is CCNC(=O)c1cccc(CNc2cc(C(C)C)nc(C(C)C)n2)c1. The van der Waals surface area contributed by atoms with E-state index in [2.05, 4.69) is 48.3 Å². The predicted molar refractivity (Wildman–Crippen MR) is 102 cm³/mol. The zero-order valence-corrected chi connectivity index (χ0v) is 15.8. The van der Waals surface area contributed by atoms with E-state index in [4.69, 9.17) is 0 Å². The molecule has 0 spiro atoms. The van der Waals surface area contributed by atoms with E-state index < -0.39 is 0 Å². The highest BCUT2D eigenvalue weighted by molar-refractivity contribution is 5.94. The molecule has 5 nitrogen and oxygen atoms in total. The summed E-state index contributed by atoms with van der Waals surface area (Å²) in [5.41, 5.74) is 2.76. The maximum absolute atomic E-state index is 12.0. The minimum absolute atomic E-state index is 0.0458. The highest BCUT2D eigenvalue weighted by Gasteiger charge is 2.11. The summed E-state index contributed by atoms with van der Waals surface area (Å²) in [7, 11) is 0. The summed E-state index contributed by atoms with van der Waals surface area (Å²) in [6.07, 6.45) is 0. The number of anilines is 1. The molecule has 1 aromatic heterocycles. The third-order valence-corrected chi connectivity index (χ3v) is 3.87. The maximum atomic E-state index is 12.0. The number of amides is 1. The molecule has 0 unspecified atom stereocenters. The van der Waals surface area contributed by atoms with E-state index >= 15 is 0 Å². The standard InChI is InChI=1S/C20H28N4O/c1-6-21-20(25)16-9-7-8-15(10-16)12-22-18-11-17(13(2)3)23-19(24-18)14(4)5/h7-11,13-14H,6,12H2,1-5H3,(H,21,25)(H,22,23,24). The van der Waals surface area contributed by atoms with Crippen molar-refractivity contribution in [3.63, 3.8) is 0 Å². The van der Waals surface area contributed by atoms with E-state index in [9.17, 15) is 4.79 Å². The first-order valence-electron chi connectivity index (χ1n) is 8.90. The average molecular weight is 340 g/mol. The van der Waals surface area contributed by atoms with Crippen LogP contribution in [0.5, 0.6) is 0 Å². The molecule has 0 aliphatic rings. The van der Waals surface area contributed by atoms with Gasteiger partial charge in [-0.25, -0.2) is 9.97 Å². The molecule has 25 heavy (non-hydrogen) atoms. The summed E-state index contributed by atoms with van der Waals surface area (Å²) in [4.78, 5) is 21.2. The Kier molecular flexibility index (Phi) is 6.51. The Balaban J connectivity index is 2.15. The fraction of sp³-hybridized carbons (Fsp3) is 0.450. The minimum atomic E-state index is -0.0458. The summed E-state index contributed by atoms with van der Waals surface area (Å²) in [5, 5.41) is 6.19. The Morgan fingerprint density at radius 2 is 1.84 bits per heavy atom. The third-order valence-electron chi connectivity index (χ3n) is 3.87. The highest BCUT2D eigenvalue weighted by Crippen LogP contribution is 2.20.